The second-order valence-corrected chi connectivity index (χ2v) is 5.31. The van der Waals surface area contributed by atoms with Crippen molar-refractivity contribution in [2.45, 2.75) is 0 Å². The van der Waals surface area contributed by atoms with E-state index in [1.54, 1.807) is 36.4 Å². The van der Waals surface area contributed by atoms with E-state index in [-0.39, 0.29) is 28.2 Å². The summed E-state index contributed by atoms with van der Waals surface area (Å²) in [5.74, 6) is -0.0883. The molecular formula is C19H10N6O. The van der Waals surface area contributed by atoms with E-state index >= 15 is 0 Å². The average molecular weight is 338 g/mol. The second kappa shape index (κ2) is 6.60. The Hall–Kier alpha value is -4.41. The van der Waals surface area contributed by atoms with Gasteiger partial charge < -0.3 is 10.7 Å². The van der Waals surface area contributed by atoms with Crippen LogP contribution < -0.4 is 11.3 Å². The van der Waals surface area contributed by atoms with Crippen molar-refractivity contribution < 1.29 is 0 Å². The molecule has 7 nitrogen and oxygen atoms in total. The summed E-state index contributed by atoms with van der Waals surface area (Å²) in [5.41, 5.74) is 7.31. The lowest BCUT2D eigenvalue weighted by atomic mass is 9.94. The van der Waals surface area contributed by atoms with E-state index in [1.807, 2.05) is 18.2 Å². The molecule has 0 aliphatic rings. The lowest BCUT2D eigenvalue weighted by Crippen LogP contribution is -2.16. The number of anilines is 1. The van der Waals surface area contributed by atoms with E-state index in [1.165, 1.54) is 6.20 Å². The van der Waals surface area contributed by atoms with Crippen LogP contribution in [0.1, 0.15) is 16.8 Å². The monoisotopic (exact) mass is 338 g/mol. The van der Waals surface area contributed by atoms with Crippen LogP contribution >= 0.6 is 0 Å². The number of benzene rings is 1. The summed E-state index contributed by atoms with van der Waals surface area (Å²) in [4.78, 5) is 18.3. The summed E-state index contributed by atoms with van der Waals surface area (Å²) in [6, 6.07) is 16.1. The number of nitrogens with two attached hydrogens (primary N) is 1. The number of hydrogen-bond donors (Lipinski definition) is 2. The van der Waals surface area contributed by atoms with Gasteiger partial charge in [-0.25, -0.2) is 4.98 Å². The van der Waals surface area contributed by atoms with Crippen LogP contribution in [-0.4, -0.2) is 9.97 Å². The molecule has 3 N–H and O–H groups in total. The van der Waals surface area contributed by atoms with Gasteiger partial charge in [0.05, 0.1) is 0 Å². The van der Waals surface area contributed by atoms with E-state index < -0.39 is 5.56 Å². The number of nitrogens with zero attached hydrogens (tertiary/aromatic N) is 4. The standard InChI is InChI=1S/C19H10N6O/c20-8-14-17(15(9-21)19(26)25-18(14)23)12-5-3-11(4-6-12)13-2-1-7-24-16(13)10-22/h1-7H,(H3,23,25,26). The van der Waals surface area contributed by atoms with Gasteiger partial charge in [0.1, 0.15) is 40.8 Å². The molecule has 0 fully saturated rings. The van der Waals surface area contributed by atoms with Gasteiger partial charge in [-0.2, -0.15) is 15.8 Å². The zero-order chi connectivity index (χ0) is 18.7. The van der Waals surface area contributed by atoms with Crippen LogP contribution in [0.3, 0.4) is 0 Å². The Morgan fingerprint density at radius 3 is 2.19 bits per heavy atom. The molecule has 0 bridgehead atoms. The number of rotatable bonds is 2. The maximum absolute atomic E-state index is 12.0. The van der Waals surface area contributed by atoms with E-state index in [0.717, 1.165) is 5.56 Å². The van der Waals surface area contributed by atoms with Crippen molar-refractivity contribution in [3.63, 3.8) is 0 Å². The first-order chi connectivity index (χ1) is 12.6. The summed E-state index contributed by atoms with van der Waals surface area (Å²) in [6.45, 7) is 0. The van der Waals surface area contributed by atoms with Gasteiger partial charge in [0.2, 0.25) is 0 Å². The molecule has 0 spiro atoms. The highest BCUT2D eigenvalue weighted by Crippen LogP contribution is 2.30. The first kappa shape index (κ1) is 16.4. The third-order valence-corrected chi connectivity index (χ3v) is 3.87. The molecule has 0 amide bonds. The van der Waals surface area contributed by atoms with Gasteiger partial charge in [-0.1, -0.05) is 24.3 Å². The van der Waals surface area contributed by atoms with Crippen molar-refractivity contribution >= 4 is 5.82 Å². The van der Waals surface area contributed by atoms with Crippen LogP contribution in [-0.2, 0) is 0 Å². The van der Waals surface area contributed by atoms with Crippen molar-refractivity contribution in [3.8, 4) is 40.5 Å². The molecule has 2 heterocycles. The molecule has 0 radical (unpaired) electrons. The molecular weight excluding hydrogens is 328 g/mol. The summed E-state index contributed by atoms with van der Waals surface area (Å²) in [5, 5.41) is 27.8. The Morgan fingerprint density at radius 2 is 1.58 bits per heavy atom. The Labute approximate surface area is 148 Å². The number of pyridine rings is 2. The number of hydrogen-bond acceptors (Lipinski definition) is 6. The average Bonchev–Trinajstić information content (AvgIpc) is 2.67. The van der Waals surface area contributed by atoms with Crippen LogP contribution in [0.25, 0.3) is 22.3 Å². The highest BCUT2D eigenvalue weighted by molar-refractivity contribution is 5.81. The molecule has 122 valence electrons. The molecule has 1 aromatic carbocycles. The smallest absolute Gasteiger partial charge is 0.268 e. The highest BCUT2D eigenvalue weighted by Gasteiger charge is 2.18. The number of aromatic amines is 1. The van der Waals surface area contributed by atoms with Gasteiger partial charge in [-0.15, -0.1) is 0 Å². The third kappa shape index (κ3) is 2.65. The molecule has 2 aromatic heterocycles. The van der Waals surface area contributed by atoms with Crippen molar-refractivity contribution in [3.05, 3.63) is 69.8 Å². The number of nitriles is 3. The van der Waals surface area contributed by atoms with Gasteiger partial charge in [0.25, 0.3) is 5.56 Å². The van der Waals surface area contributed by atoms with Crippen LogP contribution in [0.5, 0.6) is 0 Å². The summed E-state index contributed by atoms with van der Waals surface area (Å²) >= 11 is 0. The first-order valence-electron chi connectivity index (χ1n) is 7.42. The van der Waals surface area contributed by atoms with Crippen LogP contribution in [0.15, 0.2) is 47.4 Å². The van der Waals surface area contributed by atoms with Crippen molar-refractivity contribution in [2.75, 3.05) is 5.73 Å². The molecule has 3 rings (SSSR count). The molecule has 7 heteroatoms. The Balaban J connectivity index is 2.20. The van der Waals surface area contributed by atoms with Crippen molar-refractivity contribution in [2.24, 2.45) is 0 Å². The minimum atomic E-state index is -0.651. The lowest BCUT2D eigenvalue weighted by Gasteiger charge is -2.10. The molecule has 0 atom stereocenters. The quantitative estimate of drug-likeness (QED) is 0.733. The first-order valence-corrected chi connectivity index (χ1v) is 7.42. The van der Waals surface area contributed by atoms with Crippen LogP contribution in [0, 0.1) is 34.0 Å². The number of nitrogen functional groups attached to an aromatic ring is 1. The molecule has 0 unspecified atom stereocenters. The fraction of sp³-hybridized carbons (Fsp3) is 0. The Bertz CT molecular complexity index is 1190. The fourth-order valence-electron chi connectivity index (χ4n) is 2.68. The SMILES string of the molecule is N#Cc1ncccc1-c1ccc(-c2c(C#N)c(N)[nH]c(=O)c2C#N)cc1. The van der Waals surface area contributed by atoms with Gasteiger partial charge in [0, 0.05) is 17.3 Å². The highest BCUT2D eigenvalue weighted by atomic mass is 16.1. The summed E-state index contributed by atoms with van der Waals surface area (Å²) < 4.78 is 0. The second-order valence-electron chi connectivity index (χ2n) is 5.31. The zero-order valence-electron chi connectivity index (χ0n) is 13.3. The van der Waals surface area contributed by atoms with Gasteiger partial charge >= 0.3 is 0 Å². The maximum atomic E-state index is 12.0. The van der Waals surface area contributed by atoms with Crippen LogP contribution in [0.4, 0.5) is 5.82 Å². The lowest BCUT2D eigenvalue weighted by molar-refractivity contribution is 1.21. The maximum Gasteiger partial charge on any atom is 0.268 e. The Morgan fingerprint density at radius 1 is 0.923 bits per heavy atom. The van der Waals surface area contributed by atoms with E-state index in [2.05, 4.69) is 9.97 Å². The third-order valence-electron chi connectivity index (χ3n) is 3.87. The van der Waals surface area contributed by atoms with Crippen molar-refractivity contribution in [1.82, 2.24) is 9.97 Å². The van der Waals surface area contributed by atoms with Crippen LogP contribution in [0.2, 0.25) is 0 Å². The van der Waals surface area contributed by atoms with Gasteiger partial charge in [-0.3, -0.25) is 4.79 Å². The van der Waals surface area contributed by atoms with Crippen molar-refractivity contribution in [1.29, 1.82) is 15.8 Å². The molecule has 0 aliphatic carbocycles. The Kier molecular flexibility index (Phi) is 4.18. The van der Waals surface area contributed by atoms with E-state index in [0.29, 0.717) is 11.1 Å². The molecule has 3 aromatic rings. The van der Waals surface area contributed by atoms with Gasteiger partial charge in [0.15, 0.2) is 0 Å². The molecule has 26 heavy (non-hydrogen) atoms. The summed E-state index contributed by atoms with van der Waals surface area (Å²) in [6.07, 6.45) is 1.54. The zero-order valence-corrected chi connectivity index (χ0v) is 13.3. The number of nitrogens with one attached hydrogen (secondary N) is 1. The summed E-state index contributed by atoms with van der Waals surface area (Å²) in [7, 11) is 0. The largest absolute Gasteiger partial charge is 0.384 e. The number of aromatic nitrogens is 2. The normalized spacial score (nSPS) is 9.73. The van der Waals surface area contributed by atoms with Gasteiger partial charge in [-0.05, 0) is 23.3 Å². The molecule has 0 aliphatic heterocycles. The minimum Gasteiger partial charge on any atom is -0.384 e. The number of H-pyrrole nitrogens is 1. The molecule has 0 saturated heterocycles. The van der Waals surface area contributed by atoms with E-state index in [9.17, 15) is 20.6 Å². The minimum absolute atomic E-state index is 0.0352. The fourth-order valence-corrected chi connectivity index (χ4v) is 2.68. The topological polar surface area (TPSA) is 143 Å². The predicted molar refractivity (Wildman–Crippen MR) is 94.3 cm³/mol. The predicted octanol–water partition coefficient (Wildman–Crippen LogP) is 2.30. The molecule has 0 saturated carbocycles. The van der Waals surface area contributed by atoms with E-state index in [4.69, 9.17) is 5.73 Å².